The lowest BCUT2D eigenvalue weighted by molar-refractivity contribution is 0.0937. The first kappa shape index (κ1) is 19.1. The molecule has 2 rings (SSSR count). The topological polar surface area (TPSA) is 84.5 Å². The van der Waals surface area contributed by atoms with Crippen molar-refractivity contribution in [1.29, 1.82) is 0 Å². The molecule has 0 fully saturated rings. The Morgan fingerprint density at radius 2 is 1.68 bits per heavy atom. The zero-order chi connectivity index (χ0) is 18.3. The molecule has 25 heavy (non-hydrogen) atoms. The summed E-state index contributed by atoms with van der Waals surface area (Å²) in [5, 5.41) is 2.73. The smallest absolute Gasteiger partial charge is 0.251 e. The van der Waals surface area contributed by atoms with E-state index in [1.54, 1.807) is 55.6 Å². The molecule has 134 valence electrons. The van der Waals surface area contributed by atoms with Crippen LogP contribution >= 0.6 is 0 Å². The summed E-state index contributed by atoms with van der Waals surface area (Å²) in [7, 11) is -1.99. The molecule has 0 unspecified atom stereocenters. The normalized spacial score (nSPS) is 11.3. The van der Waals surface area contributed by atoms with Crippen molar-refractivity contribution in [2.24, 2.45) is 0 Å². The first-order valence-corrected chi connectivity index (χ1v) is 9.33. The highest BCUT2D eigenvalue weighted by Crippen LogP contribution is 2.11. The van der Waals surface area contributed by atoms with Gasteiger partial charge in [-0.2, -0.15) is 0 Å². The SMILES string of the molecule is COCCNC(=O)c1ccc(CNS(=O)(=O)c2ccc(C)cc2)cc1. The average molecular weight is 362 g/mol. The van der Waals surface area contributed by atoms with Crippen LogP contribution in [0.2, 0.25) is 0 Å². The lowest BCUT2D eigenvalue weighted by Gasteiger charge is -2.08. The third kappa shape index (κ3) is 5.67. The van der Waals surface area contributed by atoms with Crippen LogP contribution in [0.15, 0.2) is 53.4 Å². The predicted molar refractivity (Wildman–Crippen MR) is 95.9 cm³/mol. The molecule has 2 aromatic rings. The summed E-state index contributed by atoms with van der Waals surface area (Å²) < 4.78 is 31.9. The fourth-order valence-electron chi connectivity index (χ4n) is 2.12. The van der Waals surface area contributed by atoms with Crippen molar-refractivity contribution in [2.75, 3.05) is 20.3 Å². The van der Waals surface area contributed by atoms with Crippen LogP contribution in [0, 0.1) is 6.92 Å². The number of ether oxygens (including phenoxy) is 1. The van der Waals surface area contributed by atoms with Gasteiger partial charge < -0.3 is 10.1 Å². The summed E-state index contributed by atoms with van der Waals surface area (Å²) in [4.78, 5) is 12.1. The summed E-state index contributed by atoms with van der Waals surface area (Å²) >= 11 is 0. The highest BCUT2D eigenvalue weighted by atomic mass is 32.2. The van der Waals surface area contributed by atoms with Crippen LogP contribution in [-0.2, 0) is 21.3 Å². The molecule has 6 nitrogen and oxygen atoms in total. The Balaban J connectivity index is 1.95. The number of rotatable bonds is 8. The quantitative estimate of drug-likeness (QED) is 0.702. The molecule has 0 bridgehead atoms. The third-order valence-corrected chi connectivity index (χ3v) is 5.02. The minimum absolute atomic E-state index is 0.155. The van der Waals surface area contributed by atoms with Crippen LogP contribution in [0.5, 0.6) is 0 Å². The van der Waals surface area contributed by atoms with Gasteiger partial charge >= 0.3 is 0 Å². The van der Waals surface area contributed by atoms with E-state index in [0.29, 0.717) is 18.7 Å². The Bertz CT molecular complexity index is 800. The number of methoxy groups -OCH3 is 1. The Hall–Kier alpha value is -2.22. The standard InChI is InChI=1S/C18H22N2O4S/c1-14-3-9-17(10-4-14)25(22,23)20-13-15-5-7-16(8-6-15)18(21)19-11-12-24-2/h3-10,20H,11-13H2,1-2H3,(H,19,21). The van der Waals surface area contributed by atoms with Gasteiger partial charge in [0.1, 0.15) is 0 Å². The molecule has 0 aliphatic heterocycles. The van der Waals surface area contributed by atoms with Gasteiger partial charge in [-0.05, 0) is 36.8 Å². The molecule has 0 heterocycles. The molecule has 2 aromatic carbocycles. The van der Waals surface area contributed by atoms with Crippen molar-refractivity contribution >= 4 is 15.9 Å². The van der Waals surface area contributed by atoms with E-state index in [1.165, 1.54) is 0 Å². The number of carbonyl (C=O) groups excluding carboxylic acids is 1. The van der Waals surface area contributed by atoms with Gasteiger partial charge in [-0.15, -0.1) is 0 Å². The minimum Gasteiger partial charge on any atom is -0.383 e. The van der Waals surface area contributed by atoms with Gasteiger partial charge in [-0.3, -0.25) is 4.79 Å². The number of hydrogen-bond acceptors (Lipinski definition) is 4. The third-order valence-electron chi connectivity index (χ3n) is 3.61. The van der Waals surface area contributed by atoms with Crippen molar-refractivity contribution in [3.63, 3.8) is 0 Å². The first-order valence-electron chi connectivity index (χ1n) is 7.85. The first-order chi connectivity index (χ1) is 11.9. The molecule has 0 aliphatic rings. The molecule has 7 heteroatoms. The molecule has 0 atom stereocenters. The van der Waals surface area contributed by atoms with E-state index in [2.05, 4.69) is 10.0 Å². The van der Waals surface area contributed by atoms with Crippen LogP contribution in [0.4, 0.5) is 0 Å². The number of sulfonamides is 1. The van der Waals surface area contributed by atoms with Crippen molar-refractivity contribution < 1.29 is 17.9 Å². The Kier molecular flexibility index (Phi) is 6.69. The number of hydrogen-bond donors (Lipinski definition) is 2. The molecular formula is C18H22N2O4S. The van der Waals surface area contributed by atoms with Crippen molar-refractivity contribution in [1.82, 2.24) is 10.0 Å². The molecular weight excluding hydrogens is 340 g/mol. The molecule has 0 radical (unpaired) electrons. The summed E-state index contributed by atoms with van der Waals surface area (Å²) in [6.45, 7) is 2.94. The Labute approximate surface area is 148 Å². The number of aryl methyl sites for hydroxylation is 1. The summed E-state index contributed by atoms with van der Waals surface area (Å²) in [6, 6.07) is 13.4. The van der Waals surface area contributed by atoms with Gasteiger partial charge in [0, 0.05) is 25.8 Å². The van der Waals surface area contributed by atoms with Gasteiger partial charge in [-0.25, -0.2) is 13.1 Å². The van der Waals surface area contributed by atoms with Gasteiger partial charge in [0.15, 0.2) is 0 Å². The second-order valence-corrected chi connectivity index (χ2v) is 7.35. The van der Waals surface area contributed by atoms with Crippen molar-refractivity contribution in [2.45, 2.75) is 18.4 Å². The second kappa shape index (κ2) is 8.75. The van der Waals surface area contributed by atoms with Gasteiger partial charge in [0.05, 0.1) is 11.5 Å². The number of nitrogens with one attached hydrogen (secondary N) is 2. The maximum atomic E-state index is 12.3. The van der Waals surface area contributed by atoms with Crippen molar-refractivity contribution in [3.8, 4) is 0 Å². The maximum Gasteiger partial charge on any atom is 0.251 e. The second-order valence-electron chi connectivity index (χ2n) is 5.58. The number of benzene rings is 2. The van der Waals surface area contributed by atoms with E-state index >= 15 is 0 Å². The summed E-state index contributed by atoms with van der Waals surface area (Å²) in [5.74, 6) is -0.191. The van der Waals surface area contributed by atoms with E-state index in [1.807, 2.05) is 6.92 Å². The Morgan fingerprint density at radius 3 is 2.28 bits per heavy atom. The molecule has 1 amide bonds. The largest absolute Gasteiger partial charge is 0.383 e. The molecule has 0 aliphatic carbocycles. The van der Waals surface area contributed by atoms with Gasteiger partial charge in [0.25, 0.3) is 5.91 Å². The molecule has 0 spiro atoms. The maximum absolute atomic E-state index is 12.3. The van der Waals surface area contributed by atoms with Crippen LogP contribution < -0.4 is 10.0 Å². The highest BCUT2D eigenvalue weighted by molar-refractivity contribution is 7.89. The van der Waals surface area contributed by atoms with Crippen molar-refractivity contribution in [3.05, 3.63) is 65.2 Å². The average Bonchev–Trinajstić information content (AvgIpc) is 2.61. The van der Waals surface area contributed by atoms with E-state index in [0.717, 1.165) is 11.1 Å². The van der Waals surface area contributed by atoms with Crippen LogP contribution in [-0.4, -0.2) is 34.6 Å². The lowest BCUT2D eigenvalue weighted by Crippen LogP contribution is -2.27. The van der Waals surface area contributed by atoms with Gasteiger partial charge in [-0.1, -0.05) is 29.8 Å². The zero-order valence-electron chi connectivity index (χ0n) is 14.3. The van der Waals surface area contributed by atoms with E-state index < -0.39 is 10.0 Å². The number of carbonyl (C=O) groups is 1. The molecule has 2 N–H and O–H groups in total. The van der Waals surface area contributed by atoms with E-state index in [4.69, 9.17) is 4.74 Å². The Morgan fingerprint density at radius 1 is 1.04 bits per heavy atom. The fourth-order valence-corrected chi connectivity index (χ4v) is 3.14. The highest BCUT2D eigenvalue weighted by Gasteiger charge is 2.13. The summed E-state index contributed by atoms with van der Waals surface area (Å²) in [5.41, 5.74) is 2.28. The lowest BCUT2D eigenvalue weighted by atomic mass is 10.1. The molecule has 0 saturated heterocycles. The minimum atomic E-state index is -3.56. The van der Waals surface area contributed by atoms with Crippen LogP contribution in [0.3, 0.4) is 0 Å². The van der Waals surface area contributed by atoms with E-state index in [-0.39, 0.29) is 17.3 Å². The van der Waals surface area contributed by atoms with Crippen LogP contribution in [0.25, 0.3) is 0 Å². The number of amides is 1. The monoisotopic (exact) mass is 362 g/mol. The molecule has 0 aromatic heterocycles. The van der Waals surface area contributed by atoms with E-state index in [9.17, 15) is 13.2 Å². The summed E-state index contributed by atoms with van der Waals surface area (Å²) in [6.07, 6.45) is 0. The zero-order valence-corrected chi connectivity index (χ0v) is 15.1. The fraction of sp³-hybridized carbons (Fsp3) is 0.278. The predicted octanol–water partition coefficient (Wildman–Crippen LogP) is 1.85. The van der Waals surface area contributed by atoms with Gasteiger partial charge in [0.2, 0.25) is 10.0 Å². The molecule has 0 saturated carbocycles. The van der Waals surface area contributed by atoms with Crippen LogP contribution in [0.1, 0.15) is 21.5 Å².